The number of aromatic nitrogens is 5. The Morgan fingerprint density at radius 1 is 1.19 bits per heavy atom. The maximum Gasteiger partial charge on any atom is 0.248 e. The van der Waals surface area contributed by atoms with E-state index in [2.05, 4.69) is 36.2 Å². The van der Waals surface area contributed by atoms with Gasteiger partial charge in [-0.15, -0.1) is 11.8 Å². The van der Waals surface area contributed by atoms with Crippen molar-refractivity contribution in [3.8, 4) is 11.6 Å². The molecule has 2 heterocycles. The van der Waals surface area contributed by atoms with Crippen LogP contribution in [-0.2, 0) is 16.0 Å². The molecule has 1 aromatic carbocycles. The van der Waals surface area contributed by atoms with Crippen molar-refractivity contribution in [1.82, 2.24) is 36.2 Å². The van der Waals surface area contributed by atoms with E-state index < -0.39 is 0 Å². The summed E-state index contributed by atoms with van der Waals surface area (Å²) in [5.74, 6) is 0.371. The molecule has 140 valence electrons. The van der Waals surface area contributed by atoms with Gasteiger partial charge in [-0.25, -0.2) is 4.98 Å². The van der Waals surface area contributed by atoms with Crippen molar-refractivity contribution < 1.29 is 14.1 Å². The van der Waals surface area contributed by atoms with Gasteiger partial charge in [0, 0.05) is 22.8 Å². The van der Waals surface area contributed by atoms with Crippen molar-refractivity contribution in [2.24, 2.45) is 0 Å². The van der Waals surface area contributed by atoms with Gasteiger partial charge in [0.15, 0.2) is 5.82 Å². The van der Waals surface area contributed by atoms with Gasteiger partial charge in [0.25, 0.3) is 0 Å². The van der Waals surface area contributed by atoms with Crippen LogP contribution in [0, 0.1) is 0 Å². The second-order valence-electron chi connectivity index (χ2n) is 5.18. The fraction of sp³-hybridized carbons (Fsp3) is 0.200. The maximum absolute atomic E-state index is 11.8. The first-order valence-corrected chi connectivity index (χ1v) is 9.11. The number of H-pyrrole nitrogens is 1. The number of carbonyl (C=O) groups is 2. The van der Waals surface area contributed by atoms with E-state index in [4.69, 9.17) is 16.1 Å². The Morgan fingerprint density at radius 2 is 1.96 bits per heavy atom. The smallest absolute Gasteiger partial charge is 0.248 e. The van der Waals surface area contributed by atoms with Crippen molar-refractivity contribution in [2.75, 3.05) is 5.75 Å². The number of carbonyl (C=O) groups excluding carboxylic acids is 2. The molecule has 3 aromatic rings. The topological polar surface area (TPSA) is 139 Å². The number of amides is 2. The lowest BCUT2D eigenvalue weighted by Gasteiger charge is -2.06. The van der Waals surface area contributed by atoms with E-state index in [1.165, 1.54) is 18.1 Å². The number of benzene rings is 1. The molecule has 0 atom stereocenters. The molecule has 0 fully saturated rings. The summed E-state index contributed by atoms with van der Waals surface area (Å²) in [6, 6.07) is 7.12. The predicted octanol–water partition coefficient (Wildman–Crippen LogP) is 1.38. The van der Waals surface area contributed by atoms with Gasteiger partial charge >= 0.3 is 0 Å². The molecule has 0 saturated carbocycles. The number of hydrazine groups is 1. The van der Waals surface area contributed by atoms with Gasteiger partial charge in [0.2, 0.25) is 23.5 Å². The Hall–Kier alpha value is -2.92. The molecule has 3 rings (SSSR count). The molecule has 0 saturated heterocycles. The molecule has 0 spiro atoms. The highest BCUT2D eigenvalue weighted by atomic mass is 35.5. The van der Waals surface area contributed by atoms with Crippen molar-refractivity contribution in [3.05, 3.63) is 41.5 Å². The summed E-state index contributed by atoms with van der Waals surface area (Å²) in [5, 5.41) is 10.7. The number of aromatic amines is 1. The normalized spacial score (nSPS) is 10.6. The highest BCUT2D eigenvalue weighted by Crippen LogP contribution is 2.19. The molecule has 27 heavy (non-hydrogen) atoms. The van der Waals surface area contributed by atoms with E-state index in [1.54, 1.807) is 12.1 Å². The zero-order chi connectivity index (χ0) is 19.1. The van der Waals surface area contributed by atoms with Crippen LogP contribution < -0.4 is 10.9 Å². The van der Waals surface area contributed by atoms with Crippen LogP contribution in [0.2, 0.25) is 5.02 Å². The molecule has 2 amide bonds. The van der Waals surface area contributed by atoms with Crippen molar-refractivity contribution in [1.29, 1.82) is 0 Å². The second-order valence-corrected chi connectivity index (χ2v) is 6.67. The molecule has 2 aromatic heterocycles. The minimum Gasteiger partial charge on any atom is -0.339 e. The zero-order valence-corrected chi connectivity index (χ0v) is 15.4. The van der Waals surface area contributed by atoms with E-state index in [0.717, 1.165) is 4.90 Å². The first-order chi connectivity index (χ1) is 13.1. The summed E-state index contributed by atoms with van der Waals surface area (Å²) in [6.07, 6.45) is 1.62. The van der Waals surface area contributed by atoms with Gasteiger partial charge in [-0.05, 0) is 24.3 Å². The van der Waals surface area contributed by atoms with Crippen LogP contribution in [0.15, 0.2) is 40.0 Å². The average molecular weight is 408 g/mol. The van der Waals surface area contributed by atoms with E-state index in [9.17, 15) is 9.59 Å². The fourth-order valence-electron chi connectivity index (χ4n) is 1.90. The highest BCUT2D eigenvalue weighted by Gasteiger charge is 2.13. The van der Waals surface area contributed by atoms with Crippen LogP contribution in [-0.4, -0.2) is 42.9 Å². The third kappa shape index (κ3) is 5.79. The number of nitrogens with one attached hydrogen (secondary N) is 3. The lowest BCUT2D eigenvalue weighted by Crippen LogP contribution is -2.42. The number of hydrogen-bond acceptors (Lipinski definition) is 8. The number of nitrogens with zero attached hydrogens (tertiary/aromatic N) is 4. The highest BCUT2D eigenvalue weighted by molar-refractivity contribution is 8.00. The van der Waals surface area contributed by atoms with Crippen LogP contribution in [0.5, 0.6) is 0 Å². The van der Waals surface area contributed by atoms with E-state index in [1.807, 2.05) is 12.1 Å². The minimum absolute atomic E-state index is 0.0721. The Bertz CT molecular complexity index is 899. The predicted molar refractivity (Wildman–Crippen MR) is 96.5 cm³/mol. The van der Waals surface area contributed by atoms with Crippen LogP contribution >= 0.6 is 23.4 Å². The molecule has 0 aliphatic carbocycles. The van der Waals surface area contributed by atoms with Gasteiger partial charge in [0.1, 0.15) is 6.33 Å². The maximum atomic E-state index is 11.8. The Balaban J connectivity index is 1.35. The van der Waals surface area contributed by atoms with E-state index in [0.29, 0.717) is 10.8 Å². The Kier molecular flexibility index (Phi) is 6.39. The Morgan fingerprint density at radius 3 is 2.70 bits per heavy atom. The third-order valence-electron chi connectivity index (χ3n) is 3.19. The van der Waals surface area contributed by atoms with Crippen LogP contribution in [0.3, 0.4) is 0 Å². The summed E-state index contributed by atoms with van der Waals surface area (Å²) in [6.45, 7) is 0. The standard InChI is InChI=1S/C15H14ClN7O3S/c16-9-1-3-10(4-2-9)27-7-12(25)21-20-11(24)5-6-13-19-15(23-26-13)14-17-8-18-22-14/h1-4,8H,5-7H2,(H,20,24)(H,21,25)(H,17,18,22). The first-order valence-electron chi connectivity index (χ1n) is 7.74. The monoisotopic (exact) mass is 407 g/mol. The number of aryl methyl sites for hydroxylation is 1. The fourth-order valence-corrected chi connectivity index (χ4v) is 2.73. The van der Waals surface area contributed by atoms with Gasteiger partial charge < -0.3 is 4.52 Å². The minimum atomic E-state index is -0.376. The van der Waals surface area contributed by atoms with Crippen LogP contribution in [0.1, 0.15) is 12.3 Å². The van der Waals surface area contributed by atoms with Gasteiger partial charge in [0.05, 0.1) is 5.75 Å². The third-order valence-corrected chi connectivity index (χ3v) is 4.45. The molecule has 3 N–H and O–H groups in total. The van der Waals surface area contributed by atoms with Crippen LogP contribution in [0.25, 0.3) is 11.6 Å². The summed E-state index contributed by atoms with van der Waals surface area (Å²) in [5.41, 5.74) is 4.69. The summed E-state index contributed by atoms with van der Waals surface area (Å²) < 4.78 is 5.03. The molecular weight excluding hydrogens is 394 g/mol. The first kappa shape index (κ1) is 18.9. The summed E-state index contributed by atoms with van der Waals surface area (Å²) >= 11 is 7.13. The lowest BCUT2D eigenvalue weighted by atomic mass is 10.3. The van der Waals surface area contributed by atoms with Crippen LogP contribution in [0.4, 0.5) is 0 Å². The Labute approximate surface area is 162 Å². The average Bonchev–Trinajstić information content (AvgIpc) is 3.35. The number of rotatable bonds is 7. The van der Waals surface area contributed by atoms with Crippen molar-refractivity contribution in [3.63, 3.8) is 0 Å². The molecule has 0 unspecified atom stereocenters. The van der Waals surface area contributed by atoms with E-state index in [-0.39, 0.29) is 42.1 Å². The molecule has 0 bridgehead atoms. The molecule has 0 aliphatic rings. The quantitative estimate of drug-likeness (QED) is 0.394. The summed E-state index contributed by atoms with van der Waals surface area (Å²) in [7, 11) is 0. The SMILES string of the molecule is O=C(CCc1nc(-c2ncn[nH]2)no1)NNC(=O)CSc1ccc(Cl)cc1. The number of halogens is 1. The van der Waals surface area contributed by atoms with Crippen molar-refractivity contribution >= 4 is 35.2 Å². The molecular formula is C15H14ClN7O3S. The molecule has 0 radical (unpaired) electrons. The number of thioether (sulfide) groups is 1. The van der Waals surface area contributed by atoms with Crippen molar-refractivity contribution in [2.45, 2.75) is 17.7 Å². The number of hydrogen-bond donors (Lipinski definition) is 3. The van der Waals surface area contributed by atoms with E-state index >= 15 is 0 Å². The zero-order valence-electron chi connectivity index (χ0n) is 13.8. The largest absolute Gasteiger partial charge is 0.339 e. The lowest BCUT2D eigenvalue weighted by molar-refractivity contribution is -0.127. The van der Waals surface area contributed by atoms with Gasteiger partial charge in [-0.3, -0.25) is 25.5 Å². The van der Waals surface area contributed by atoms with Gasteiger partial charge in [-0.2, -0.15) is 10.1 Å². The molecule has 12 heteroatoms. The summed E-state index contributed by atoms with van der Waals surface area (Å²) in [4.78, 5) is 32.5. The van der Waals surface area contributed by atoms with Gasteiger partial charge in [-0.1, -0.05) is 16.8 Å². The molecule has 0 aliphatic heterocycles. The second kappa shape index (κ2) is 9.14. The molecule has 10 nitrogen and oxygen atoms in total.